The zero-order valence-electron chi connectivity index (χ0n) is 17.5. The van der Waals surface area contributed by atoms with Gasteiger partial charge >= 0.3 is 11.9 Å². The lowest BCUT2D eigenvalue weighted by Gasteiger charge is -2.27. The largest absolute Gasteiger partial charge is 0.480 e. The van der Waals surface area contributed by atoms with E-state index in [1.807, 2.05) is 49.0 Å². The first kappa shape index (κ1) is 22.6. The lowest BCUT2D eigenvalue weighted by Crippen LogP contribution is -2.49. The topological polar surface area (TPSA) is 95.9 Å². The number of benzene rings is 1. The van der Waals surface area contributed by atoms with Crippen molar-refractivity contribution in [1.82, 2.24) is 10.2 Å². The molecule has 1 aromatic rings. The smallest absolute Gasteiger partial charge is 0.326 e. The van der Waals surface area contributed by atoms with Crippen LogP contribution >= 0.6 is 11.8 Å². The minimum atomic E-state index is -0.961. The standard InChI is InChI=1S/C22H30N2O5S/c1-3-29-21(28)19(15(2)16-7-5-4-6-8-16)23-12-18(25)24-13-22(9-10-30-14-22)11-17(24)20(26)27/h4-8,15,17,19,23H,3,9-14H2,1-2H3,(H,26,27)/t15?,17-,19?,22?/m0/s1. The molecule has 0 aromatic heterocycles. The van der Waals surface area contributed by atoms with Crippen molar-refractivity contribution in [2.45, 2.75) is 44.7 Å². The van der Waals surface area contributed by atoms with Gasteiger partial charge in [-0.25, -0.2) is 4.79 Å². The number of aliphatic carboxylic acids is 1. The Balaban J connectivity index is 1.70. The summed E-state index contributed by atoms with van der Waals surface area (Å²) in [6.45, 7) is 4.27. The molecule has 0 aliphatic carbocycles. The summed E-state index contributed by atoms with van der Waals surface area (Å²) in [5.41, 5.74) is 0.864. The normalized spacial score (nSPS) is 25.3. The van der Waals surface area contributed by atoms with E-state index in [1.54, 1.807) is 6.92 Å². The maximum Gasteiger partial charge on any atom is 0.326 e. The molecular weight excluding hydrogens is 404 g/mol. The molecule has 2 aliphatic rings. The number of esters is 1. The summed E-state index contributed by atoms with van der Waals surface area (Å²) in [6, 6.07) is 8.08. The van der Waals surface area contributed by atoms with Gasteiger partial charge in [0.05, 0.1) is 13.2 Å². The number of carbonyl (C=O) groups is 3. The number of rotatable bonds is 8. The van der Waals surface area contributed by atoms with Crippen LogP contribution in [0.1, 0.15) is 38.2 Å². The van der Waals surface area contributed by atoms with E-state index in [0.717, 1.165) is 23.5 Å². The van der Waals surface area contributed by atoms with Gasteiger partial charge in [0.2, 0.25) is 5.91 Å². The number of carboxylic acids is 1. The molecule has 0 bridgehead atoms. The number of nitrogens with one attached hydrogen (secondary N) is 1. The molecule has 0 radical (unpaired) electrons. The second-order valence-corrected chi connectivity index (χ2v) is 9.30. The molecule has 2 N–H and O–H groups in total. The second-order valence-electron chi connectivity index (χ2n) is 8.19. The fraction of sp³-hybridized carbons (Fsp3) is 0.591. The van der Waals surface area contributed by atoms with Crippen LogP contribution in [0, 0.1) is 5.41 Å². The number of nitrogens with zero attached hydrogens (tertiary/aromatic N) is 1. The summed E-state index contributed by atoms with van der Waals surface area (Å²) in [5, 5.41) is 12.7. The highest BCUT2D eigenvalue weighted by atomic mass is 32.2. The van der Waals surface area contributed by atoms with Gasteiger partial charge in [-0.1, -0.05) is 37.3 Å². The number of amides is 1. The van der Waals surface area contributed by atoms with Crippen LogP contribution in [0.15, 0.2) is 30.3 Å². The van der Waals surface area contributed by atoms with Gasteiger partial charge in [0.15, 0.2) is 0 Å². The van der Waals surface area contributed by atoms with Crippen molar-refractivity contribution in [3.63, 3.8) is 0 Å². The predicted molar refractivity (Wildman–Crippen MR) is 115 cm³/mol. The van der Waals surface area contributed by atoms with Crippen LogP contribution in [0.4, 0.5) is 0 Å². The van der Waals surface area contributed by atoms with Crippen molar-refractivity contribution >= 4 is 29.6 Å². The van der Waals surface area contributed by atoms with Crippen molar-refractivity contribution in [3.05, 3.63) is 35.9 Å². The summed E-state index contributed by atoms with van der Waals surface area (Å²) in [7, 11) is 0. The quantitative estimate of drug-likeness (QED) is 0.605. The molecule has 2 aliphatic heterocycles. The van der Waals surface area contributed by atoms with Gasteiger partial charge in [-0.05, 0) is 31.1 Å². The highest BCUT2D eigenvalue weighted by molar-refractivity contribution is 7.99. The molecule has 1 spiro atoms. The predicted octanol–water partition coefficient (Wildman–Crippen LogP) is 2.12. The Kier molecular flexibility index (Phi) is 7.41. The highest BCUT2D eigenvalue weighted by Gasteiger charge is 2.50. The fourth-order valence-corrected chi connectivity index (χ4v) is 5.93. The molecule has 8 heteroatoms. The summed E-state index contributed by atoms with van der Waals surface area (Å²) >= 11 is 1.82. The Labute approximate surface area is 181 Å². The molecule has 0 saturated carbocycles. The van der Waals surface area contributed by atoms with E-state index >= 15 is 0 Å². The van der Waals surface area contributed by atoms with Crippen molar-refractivity contribution in [2.75, 3.05) is 31.2 Å². The molecule has 3 rings (SSSR count). The molecular formula is C22H30N2O5S. The number of carbonyl (C=O) groups excluding carboxylic acids is 2. The van der Waals surface area contributed by atoms with E-state index in [2.05, 4.69) is 5.32 Å². The van der Waals surface area contributed by atoms with Crippen molar-refractivity contribution in [3.8, 4) is 0 Å². The maximum atomic E-state index is 13.0. The molecule has 2 saturated heterocycles. The Morgan fingerprint density at radius 3 is 2.67 bits per heavy atom. The van der Waals surface area contributed by atoms with Crippen molar-refractivity contribution in [1.29, 1.82) is 0 Å². The lowest BCUT2D eigenvalue weighted by molar-refractivity contribution is -0.149. The van der Waals surface area contributed by atoms with E-state index in [-0.39, 0.29) is 30.4 Å². The van der Waals surface area contributed by atoms with Crippen LogP contribution in [0.2, 0.25) is 0 Å². The molecule has 7 nitrogen and oxygen atoms in total. The van der Waals surface area contributed by atoms with Crippen molar-refractivity contribution < 1.29 is 24.2 Å². The number of ether oxygens (including phenoxy) is 1. The maximum absolute atomic E-state index is 13.0. The molecule has 2 heterocycles. The summed E-state index contributed by atoms with van der Waals surface area (Å²) < 4.78 is 5.22. The van der Waals surface area contributed by atoms with Crippen LogP contribution in [0.3, 0.4) is 0 Å². The minimum Gasteiger partial charge on any atom is -0.480 e. The summed E-state index contributed by atoms with van der Waals surface area (Å²) in [4.78, 5) is 38.8. The van der Waals surface area contributed by atoms with E-state index in [9.17, 15) is 19.5 Å². The Bertz CT molecular complexity index is 766. The fourth-order valence-electron chi connectivity index (χ4n) is 4.42. The van der Waals surface area contributed by atoms with E-state index in [1.165, 1.54) is 4.90 Å². The SMILES string of the molecule is CCOC(=O)C(NCC(=O)N1CC2(CCSC2)C[C@H]1C(=O)O)C(C)c1ccccc1. The van der Waals surface area contributed by atoms with Crippen LogP contribution < -0.4 is 5.32 Å². The van der Waals surface area contributed by atoms with Crippen LogP contribution in [-0.2, 0) is 19.1 Å². The van der Waals surface area contributed by atoms with Gasteiger partial charge < -0.3 is 14.7 Å². The number of carboxylic acid groups (broad SMARTS) is 1. The minimum absolute atomic E-state index is 0.0960. The highest BCUT2D eigenvalue weighted by Crippen LogP contribution is 2.45. The first-order valence-electron chi connectivity index (χ1n) is 10.4. The average molecular weight is 435 g/mol. The monoisotopic (exact) mass is 434 g/mol. The molecule has 1 aromatic carbocycles. The third kappa shape index (κ3) is 4.98. The number of hydrogen-bond donors (Lipinski definition) is 2. The second kappa shape index (κ2) is 9.83. The molecule has 30 heavy (non-hydrogen) atoms. The molecule has 164 valence electrons. The van der Waals surface area contributed by atoms with Crippen LogP contribution in [0.25, 0.3) is 0 Å². The summed E-state index contributed by atoms with van der Waals surface area (Å²) in [5.74, 6) is 0.0323. The van der Waals surface area contributed by atoms with E-state index < -0.39 is 24.0 Å². The van der Waals surface area contributed by atoms with Gasteiger partial charge in [0.1, 0.15) is 12.1 Å². The average Bonchev–Trinajstić information content (AvgIpc) is 3.36. The van der Waals surface area contributed by atoms with Crippen molar-refractivity contribution in [2.24, 2.45) is 5.41 Å². The molecule has 4 atom stereocenters. The first-order valence-corrected chi connectivity index (χ1v) is 11.6. The summed E-state index contributed by atoms with van der Waals surface area (Å²) in [6.07, 6.45) is 1.44. The molecule has 1 amide bonds. The zero-order valence-corrected chi connectivity index (χ0v) is 18.3. The zero-order chi connectivity index (χ0) is 21.7. The van der Waals surface area contributed by atoms with E-state index in [0.29, 0.717) is 13.0 Å². The first-order chi connectivity index (χ1) is 14.4. The Morgan fingerprint density at radius 1 is 1.33 bits per heavy atom. The van der Waals surface area contributed by atoms with E-state index in [4.69, 9.17) is 4.74 Å². The number of thioether (sulfide) groups is 1. The number of likely N-dealkylation sites (tertiary alicyclic amines) is 1. The van der Waals surface area contributed by atoms with Gasteiger partial charge in [-0.3, -0.25) is 14.9 Å². The van der Waals surface area contributed by atoms with Gasteiger partial charge in [0.25, 0.3) is 0 Å². The molecule has 3 unspecified atom stereocenters. The Hall–Kier alpha value is -2.06. The third-order valence-corrected chi connectivity index (χ3v) is 7.45. The van der Waals surface area contributed by atoms with Gasteiger partial charge in [-0.2, -0.15) is 11.8 Å². The lowest BCUT2D eigenvalue weighted by atomic mass is 9.85. The third-order valence-electron chi connectivity index (χ3n) is 6.14. The van der Waals surface area contributed by atoms with Crippen LogP contribution in [0.5, 0.6) is 0 Å². The number of hydrogen-bond acceptors (Lipinski definition) is 6. The van der Waals surface area contributed by atoms with Gasteiger partial charge in [0, 0.05) is 23.6 Å². The Morgan fingerprint density at radius 2 is 2.07 bits per heavy atom. The molecule has 2 fully saturated rings. The van der Waals surface area contributed by atoms with Gasteiger partial charge in [-0.15, -0.1) is 0 Å². The van der Waals surface area contributed by atoms with Crippen LogP contribution in [-0.4, -0.2) is 71.1 Å².